The van der Waals surface area contributed by atoms with E-state index in [2.05, 4.69) is 15.6 Å². The molecule has 1 aromatic rings. The second kappa shape index (κ2) is 11.7. The number of hydrogen-bond donors (Lipinski definition) is 2. The summed E-state index contributed by atoms with van der Waals surface area (Å²) in [5.41, 5.74) is 1.89. The average molecular weight is 477 g/mol. The minimum absolute atomic E-state index is 0. The molecule has 26 heavy (non-hydrogen) atoms. The first-order chi connectivity index (χ1) is 12.1. The van der Waals surface area contributed by atoms with Gasteiger partial charge >= 0.3 is 0 Å². The summed E-state index contributed by atoms with van der Waals surface area (Å²) < 4.78 is 19.2. The summed E-state index contributed by atoms with van der Waals surface area (Å²) in [6.45, 7) is 6.88. The highest BCUT2D eigenvalue weighted by Crippen LogP contribution is 2.40. The van der Waals surface area contributed by atoms with E-state index < -0.39 is 0 Å². The molecule has 1 aromatic carbocycles. The highest BCUT2D eigenvalue weighted by Gasteiger charge is 2.33. The predicted molar refractivity (Wildman–Crippen MR) is 117 cm³/mol. The van der Waals surface area contributed by atoms with Gasteiger partial charge in [-0.3, -0.25) is 4.99 Å². The molecule has 0 atom stereocenters. The fourth-order valence-electron chi connectivity index (χ4n) is 3.50. The van der Waals surface area contributed by atoms with Crippen molar-refractivity contribution in [2.24, 2.45) is 10.4 Å². The molecular weight excluding hydrogens is 444 g/mol. The number of guanidine groups is 1. The molecule has 0 bridgehead atoms. The largest absolute Gasteiger partial charge is 0.382 e. The van der Waals surface area contributed by atoms with Gasteiger partial charge in [-0.1, -0.05) is 25.0 Å². The van der Waals surface area contributed by atoms with Crippen LogP contribution in [0.15, 0.2) is 23.2 Å². The quantitative estimate of drug-likeness (QED) is 0.253. The van der Waals surface area contributed by atoms with Crippen molar-refractivity contribution >= 4 is 29.9 Å². The number of hydrogen-bond acceptors (Lipinski definition) is 2. The first-order valence-electron chi connectivity index (χ1n) is 9.36. The van der Waals surface area contributed by atoms with E-state index in [4.69, 9.17) is 4.74 Å². The van der Waals surface area contributed by atoms with Gasteiger partial charge in [0.15, 0.2) is 5.96 Å². The number of aryl methyl sites for hydroxylation is 1. The Bertz CT molecular complexity index is 574. The lowest BCUT2D eigenvalue weighted by Crippen LogP contribution is -2.43. The second-order valence-electron chi connectivity index (χ2n) is 7.02. The summed E-state index contributed by atoms with van der Waals surface area (Å²) in [6, 6.07) is 5.33. The van der Waals surface area contributed by atoms with Crippen LogP contribution in [-0.2, 0) is 11.3 Å². The van der Waals surface area contributed by atoms with Crippen molar-refractivity contribution in [3.63, 3.8) is 0 Å². The Morgan fingerprint density at radius 1 is 1.27 bits per heavy atom. The van der Waals surface area contributed by atoms with E-state index >= 15 is 0 Å². The van der Waals surface area contributed by atoms with Crippen LogP contribution in [0.2, 0.25) is 0 Å². The number of aliphatic imine (C=N–C) groups is 1. The summed E-state index contributed by atoms with van der Waals surface area (Å²) in [6.07, 6.45) is 6.17. The minimum atomic E-state index is -0.164. The molecule has 0 amide bonds. The van der Waals surface area contributed by atoms with E-state index in [9.17, 15) is 4.39 Å². The van der Waals surface area contributed by atoms with Crippen molar-refractivity contribution in [1.29, 1.82) is 0 Å². The van der Waals surface area contributed by atoms with Crippen LogP contribution in [0.3, 0.4) is 0 Å². The zero-order valence-corrected chi connectivity index (χ0v) is 18.6. The maximum Gasteiger partial charge on any atom is 0.191 e. The zero-order chi connectivity index (χ0) is 18.1. The van der Waals surface area contributed by atoms with Crippen LogP contribution in [0.4, 0.5) is 4.39 Å². The van der Waals surface area contributed by atoms with Crippen molar-refractivity contribution in [2.75, 3.05) is 26.8 Å². The number of ether oxygens (including phenoxy) is 1. The summed E-state index contributed by atoms with van der Waals surface area (Å²) in [4.78, 5) is 4.30. The molecule has 0 saturated heterocycles. The van der Waals surface area contributed by atoms with E-state index in [0.29, 0.717) is 17.5 Å². The van der Waals surface area contributed by atoms with Crippen molar-refractivity contribution in [3.05, 3.63) is 35.1 Å². The summed E-state index contributed by atoms with van der Waals surface area (Å²) in [5.74, 6) is 0.603. The topological polar surface area (TPSA) is 45.6 Å². The van der Waals surface area contributed by atoms with Crippen molar-refractivity contribution in [3.8, 4) is 0 Å². The van der Waals surface area contributed by atoms with E-state index in [1.807, 2.05) is 19.1 Å². The van der Waals surface area contributed by atoms with Crippen molar-refractivity contribution in [1.82, 2.24) is 10.6 Å². The number of halogens is 2. The molecule has 0 heterocycles. The van der Waals surface area contributed by atoms with Gasteiger partial charge in [0, 0.05) is 33.4 Å². The maximum atomic E-state index is 13.7. The smallest absolute Gasteiger partial charge is 0.191 e. The summed E-state index contributed by atoms with van der Waals surface area (Å²) >= 11 is 0. The van der Waals surface area contributed by atoms with Gasteiger partial charge in [0.25, 0.3) is 0 Å². The van der Waals surface area contributed by atoms with Gasteiger partial charge in [-0.25, -0.2) is 4.39 Å². The molecule has 2 rings (SSSR count). The van der Waals surface area contributed by atoms with E-state index in [1.54, 1.807) is 20.0 Å². The Labute approximate surface area is 174 Å². The molecule has 0 aliphatic heterocycles. The number of nitrogens with zero attached hydrogens (tertiary/aromatic N) is 1. The molecule has 4 nitrogen and oxygen atoms in total. The molecule has 1 aliphatic rings. The van der Waals surface area contributed by atoms with Gasteiger partial charge in [-0.05, 0) is 55.7 Å². The molecule has 0 unspecified atom stereocenters. The zero-order valence-electron chi connectivity index (χ0n) is 16.2. The average Bonchev–Trinajstić information content (AvgIpc) is 3.07. The number of benzene rings is 1. The Morgan fingerprint density at radius 2 is 2.00 bits per heavy atom. The molecular formula is C20H33FIN3O. The van der Waals surface area contributed by atoms with Crippen LogP contribution in [0.25, 0.3) is 0 Å². The van der Waals surface area contributed by atoms with Crippen LogP contribution in [0.5, 0.6) is 0 Å². The van der Waals surface area contributed by atoms with Gasteiger partial charge in [0.05, 0.1) is 0 Å². The Kier molecular flexibility index (Phi) is 10.5. The molecule has 0 radical (unpaired) electrons. The van der Waals surface area contributed by atoms with Crippen LogP contribution in [-0.4, -0.2) is 32.8 Å². The first-order valence-corrected chi connectivity index (χ1v) is 9.36. The summed E-state index contributed by atoms with van der Waals surface area (Å²) in [7, 11) is 1.77. The van der Waals surface area contributed by atoms with Gasteiger partial charge in [-0.15, -0.1) is 24.0 Å². The standard InChI is InChI=1S/C20H32FN3O.HI/c1-4-25-12-11-20(9-5-6-10-20)15-24-19(22-3)23-14-17-8-7-16(2)18(21)13-17;/h7-8,13H,4-6,9-12,14-15H2,1-3H3,(H2,22,23,24);1H. The van der Waals surface area contributed by atoms with E-state index in [1.165, 1.54) is 25.7 Å². The normalized spacial score (nSPS) is 16.2. The molecule has 1 fully saturated rings. The molecule has 2 N–H and O–H groups in total. The Hall–Kier alpha value is -0.890. The predicted octanol–water partition coefficient (Wildman–Crippen LogP) is 4.40. The lowest BCUT2D eigenvalue weighted by Gasteiger charge is -2.30. The molecule has 0 aromatic heterocycles. The van der Waals surface area contributed by atoms with Gasteiger partial charge in [-0.2, -0.15) is 0 Å². The maximum absolute atomic E-state index is 13.7. The molecule has 6 heteroatoms. The lowest BCUT2D eigenvalue weighted by molar-refractivity contribution is 0.105. The van der Waals surface area contributed by atoms with Crippen molar-refractivity contribution < 1.29 is 9.13 Å². The monoisotopic (exact) mass is 477 g/mol. The molecule has 0 spiro atoms. The van der Waals surface area contributed by atoms with E-state index in [-0.39, 0.29) is 29.8 Å². The van der Waals surface area contributed by atoms with Gasteiger partial charge in [0.1, 0.15) is 5.82 Å². The van der Waals surface area contributed by atoms with Crippen LogP contribution < -0.4 is 10.6 Å². The molecule has 1 saturated carbocycles. The van der Waals surface area contributed by atoms with E-state index in [0.717, 1.165) is 37.7 Å². The molecule has 1 aliphatic carbocycles. The third-order valence-corrected chi connectivity index (χ3v) is 5.20. The fourth-order valence-corrected chi connectivity index (χ4v) is 3.50. The number of rotatable bonds is 8. The number of nitrogens with one attached hydrogen (secondary N) is 2. The highest BCUT2D eigenvalue weighted by atomic mass is 127. The third kappa shape index (κ3) is 7.02. The van der Waals surface area contributed by atoms with Gasteiger partial charge < -0.3 is 15.4 Å². The highest BCUT2D eigenvalue weighted by molar-refractivity contribution is 14.0. The third-order valence-electron chi connectivity index (χ3n) is 5.20. The van der Waals surface area contributed by atoms with Crippen LogP contribution in [0, 0.1) is 18.2 Å². The summed E-state index contributed by atoms with van der Waals surface area (Å²) in [5, 5.41) is 6.75. The SMILES string of the molecule is CCOCCC1(CNC(=NC)NCc2ccc(C)c(F)c2)CCCC1.I. The minimum Gasteiger partial charge on any atom is -0.382 e. The first kappa shape index (κ1) is 23.1. The van der Waals surface area contributed by atoms with Gasteiger partial charge in [0.2, 0.25) is 0 Å². The van der Waals surface area contributed by atoms with Crippen LogP contribution >= 0.6 is 24.0 Å². The Morgan fingerprint density at radius 3 is 2.62 bits per heavy atom. The van der Waals surface area contributed by atoms with Crippen molar-refractivity contribution in [2.45, 2.75) is 52.5 Å². The second-order valence-corrected chi connectivity index (χ2v) is 7.02. The van der Waals surface area contributed by atoms with Crippen LogP contribution in [0.1, 0.15) is 50.2 Å². The Balaban J connectivity index is 0.00000338. The lowest BCUT2D eigenvalue weighted by atomic mass is 9.83. The fraction of sp³-hybridized carbons (Fsp3) is 0.650. The molecule has 148 valence electrons.